The first kappa shape index (κ1) is 10.9. The van der Waals surface area contributed by atoms with Crippen LogP contribution < -0.4 is 5.32 Å². The van der Waals surface area contributed by atoms with E-state index in [4.69, 9.17) is 0 Å². The molecule has 0 radical (unpaired) electrons. The van der Waals surface area contributed by atoms with Crippen molar-refractivity contribution < 1.29 is 4.79 Å². The Balaban J connectivity index is 1.83. The van der Waals surface area contributed by atoms with Gasteiger partial charge in [-0.25, -0.2) is 0 Å². The molecule has 2 aliphatic heterocycles. The number of likely N-dealkylation sites (N-methyl/N-ethyl adjacent to an activating group) is 1. The van der Waals surface area contributed by atoms with Gasteiger partial charge in [0.15, 0.2) is 0 Å². The summed E-state index contributed by atoms with van der Waals surface area (Å²) in [5, 5.41) is 3.38. The maximum atomic E-state index is 11.7. The van der Waals surface area contributed by atoms with E-state index >= 15 is 0 Å². The summed E-state index contributed by atoms with van der Waals surface area (Å²) < 4.78 is 0. The lowest BCUT2D eigenvalue weighted by Gasteiger charge is -2.22. The summed E-state index contributed by atoms with van der Waals surface area (Å²) in [5.41, 5.74) is 0. The van der Waals surface area contributed by atoms with Gasteiger partial charge >= 0.3 is 0 Å². The fraction of sp³-hybridized carbons (Fsp3) is 0.909. The van der Waals surface area contributed by atoms with E-state index in [1.54, 1.807) is 0 Å². The molecule has 4 nitrogen and oxygen atoms in total. The molecule has 2 fully saturated rings. The third-order valence-electron chi connectivity index (χ3n) is 3.43. The summed E-state index contributed by atoms with van der Waals surface area (Å²) in [6, 6.07) is 0. The van der Waals surface area contributed by atoms with Crippen molar-refractivity contribution >= 4 is 5.91 Å². The van der Waals surface area contributed by atoms with Gasteiger partial charge in [0.25, 0.3) is 0 Å². The van der Waals surface area contributed by atoms with Crippen LogP contribution in [0.1, 0.15) is 12.8 Å². The van der Waals surface area contributed by atoms with Crippen LogP contribution in [-0.4, -0.2) is 62.0 Å². The van der Waals surface area contributed by atoms with Crippen molar-refractivity contribution in [3.05, 3.63) is 0 Å². The van der Waals surface area contributed by atoms with Crippen LogP contribution in [0.3, 0.4) is 0 Å². The number of hydrogen-bond donors (Lipinski definition) is 1. The van der Waals surface area contributed by atoms with Crippen molar-refractivity contribution in [2.24, 2.45) is 5.92 Å². The second-order valence-corrected chi connectivity index (χ2v) is 4.76. The van der Waals surface area contributed by atoms with E-state index in [0.717, 1.165) is 45.1 Å². The fourth-order valence-corrected chi connectivity index (χ4v) is 2.44. The van der Waals surface area contributed by atoms with Crippen LogP contribution in [0.4, 0.5) is 0 Å². The summed E-state index contributed by atoms with van der Waals surface area (Å²) in [5.74, 6) is 1.03. The molecule has 2 aliphatic rings. The maximum absolute atomic E-state index is 11.7. The molecule has 0 aromatic carbocycles. The van der Waals surface area contributed by atoms with Gasteiger partial charge in [-0.05, 0) is 31.8 Å². The molecule has 4 heteroatoms. The summed E-state index contributed by atoms with van der Waals surface area (Å²) in [6.45, 7) is 5.97. The highest BCUT2D eigenvalue weighted by Crippen LogP contribution is 2.11. The topological polar surface area (TPSA) is 35.6 Å². The largest absolute Gasteiger partial charge is 0.345 e. The molecule has 2 rings (SSSR count). The van der Waals surface area contributed by atoms with Crippen molar-refractivity contribution in [1.29, 1.82) is 0 Å². The minimum absolute atomic E-state index is 0.276. The number of nitrogens with one attached hydrogen (secondary N) is 1. The van der Waals surface area contributed by atoms with Crippen molar-refractivity contribution in [2.45, 2.75) is 12.8 Å². The maximum Gasteiger partial charge on any atom is 0.236 e. The molecule has 0 spiro atoms. The lowest BCUT2D eigenvalue weighted by atomic mass is 10.1. The van der Waals surface area contributed by atoms with Gasteiger partial charge in [0.05, 0.1) is 6.54 Å². The molecule has 0 aromatic heterocycles. The van der Waals surface area contributed by atoms with Crippen molar-refractivity contribution in [1.82, 2.24) is 15.1 Å². The zero-order valence-corrected chi connectivity index (χ0v) is 9.54. The number of carbonyl (C=O) groups excluding carboxylic acids is 1. The highest BCUT2D eigenvalue weighted by atomic mass is 16.2. The molecule has 1 atom stereocenters. The number of hydrogen-bond acceptors (Lipinski definition) is 3. The van der Waals surface area contributed by atoms with Crippen LogP contribution in [-0.2, 0) is 4.79 Å². The summed E-state index contributed by atoms with van der Waals surface area (Å²) in [7, 11) is 1.91. The van der Waals surface area contributed by atoms with E-state index in [0.29, 0.717) is 6.54 Å². The molecule has 1 N–H and O–H groups in total. The number of amides is 1. The third kappa shape index (κ3) is 2.92. The standard InChI is InChI=1S/C11H21N3O/c1-13-5-2-6-14(9-11(13)15)8-10-3-4-12-7-10/h10,12H,2-9H2,1H3. The van der Waals surface area contributed by atoms with Gasteiger partial charge in [0.1, 0.15) is 0 Å². The first-order valence-corrected chi connectivity index (χ1v) is 5.93. The molecule has 2 saturated heterocycles. The van der Waals surface area contributed by atoms with E-state index < -0.39 is 0 Å². The van der Waals surface area contributed by atoms with Gasteiger partial charge in [0.2, 0.25) is 5.91 Å². The third-order valence-corrected chi connectivity index (χ3v) is 3.43. The minimum Gasteiger partial charge on any atom is -0.345 e. The highest BCUT2D eigenvalue weighted by Gasteiger charge is 2.23. The van der Waals surface area contributed by atoms with Gasteiger partial charge in [-0.2, -0.15) is 0 Å². The molecular formula is C11H21N3O. The predicted octanol–water partition coefficient (Wildman–Crippen LogP) is -0.240. The summed E-state index contributed by atoms with van der Waals surface area (Å²) in [6.07, 6.45) is 2.38. The van der Waals surface area contributed by atoms with Crippen LogP contribution in [0.25, 0.3) is 0 Å². The molecule has 15 heavy (non-hydrogen) atoms. The quantitative estimate of drug-likeness (QED) is 0.685. The number of carbonyl (C=O) groups is 1. The van der Waals surface area contributed by atoms with Crippen LogP contribution >= 0.6 is 0 Å². The molecule has 0 aliphatic carbocycles. The Hall–Kier alpha value is -0.610. The van der Waals surface area contributed by atoms with Gasteiger partial charge in [-0.1, -0.05) is 0 Å². The number of nitrogens with zero attached hydrogens (tertiary/aromatic N) is 2. The Kier molecular flexibility index (Phi) is 3.59. The Bertz CT molecular complexity index is 226. The first-order chi connectivity index (χ1) is 7.25. The lowest BCUT2D eigenvalue weighted by Crippen LogP contribution is -2.37. The average Bonchev–Trinajstić information content (AvgIpc) is 2.64. The average molecular weight is 211 g/mol. The molecule has 1 unspecified atom stereocenters. The van der Waals surface area contributed by atoms with E-state index in [-0.39, 0.29) is 5.91 Å². The lowest BCUT2D eigenvalue weighted by molar-refractivity contribution is -0.129. The van der Waals surface area contributed by atoms with E-state index in [1.807, 2.05) is 11.9 Å². The van der Waals surface area contributed by atoms with Gasteiger partial charge in [-0.3, -0.25) is 9.69 Å². The normalized spacial score (nSPS) is 29.5. The van der Waals surface area contributed by atoms with Crippen molar-refractivity contribution in [3.8, 4) is 0 Å². The molecule has 1 amide bonds. The monoisotopic (exact) mass is 211 g/mol. The van der Waals surface area contributed by atoms with E-state index in [1.165, 1.54) is 6.42 Å². The summed E-state index contributed by atoms with van der Waals surface area (Å²) in [4.78, 5) is 15.8. The van der Waals surface area contributed by atoms with Crippen LogP contribution in [0.15, 0.2) is 0 Å². The first-order valence-electron chi connectivity index (χ1n) is 5.93. The van der Waals surface area contributed by atoms with Gasteiger partial charge < -0.3 is 10.2 Å². The Morgan fingerprint density at radius 1 is 1.47 bits per heavy atom. The molecule has 2 heterocycles. The van der Waals surface area contributed by atoms with Crippen LogP contribution in [0.2, 0.25) is 0 Å². The molecule has 0 aromatic rings. The molecule has 86 valence electrons. The predicted molar refractivity (Wildman–Crippen MR) is 59.7 cm³/mol. The second-order valence-electron chi connectivity index (χ2n) is 4.76. The Morgan fingerprint density at radius 2 is 2.33 bits per heavy atom. The van der Waals surface area contributed by atoms with Gasteiger partial charge in [-0.15, -0.1) is 0 Å². The zero-order chi connectivity index (χ0) is 10.7. The Morgan fingerprint density at radius 3 is 3.07 bits per heavy atom. The minimum atomic E-state index is 0.276. The summed E-state index contributed by atoms with van der Waals surface area (Å²) >= 11 is 0. The fourth-order valence-electron chi connectivity index (χ4n) is 2.44. The van der Waals surface area contributed by atoms with E-state index in [9.17, 15) is 4.79 Å². The number of rotatable bonds is 2. The van der Waals surface area contributed by atoms with Gasteiger partial charge in [0, 0.05) is 26.7 Å². The highest BCUT2D eigenvalue weighted by molar-refractivity contribution is 5.78. The Labute approximate surface area is 91.6 Å². The zero-order valence-electron chi connectivity index (χ0n) is 9.54. The van der Waals surface area contributed by atoms with E-state index in [2.05, 4.69) is 10.2 Å². The molecular weight excluding hydrogens is 190 g/mol. The smallest absolute Gasteiger partial charge is 0.236 e. The van der Waals surface area contributed by atoms with Crippen LogP contribution in [0, 0.1) is 5.92 Å². The SMILES string of the molecule is CN1CCCN(CC2CCNC2)CC1=O. The molecule has 0 saturated carbocycles. The van der Waals surface area contributed by atoms with Crippen molar-refractivity contribution in [3.63, 3.8) is 0 Å². The van der Waals surface area contributed by atoms with Crippen LogP contribution in [0.5, 0.6) is 0 Å². The second kappa shape index (κ2) is 4.94. The molecule has 0 bridgehead atoms. The van der Waals surface area contributed by atoms with Crippen molar-refractivity contribution in [2.75, 3.05) is 46.3 Å².